The fraction of sp³-hybridized carbons (Fsp3) is 0.611. The number of aliphatic hydroxyl groups excluding tert-OH is 1. The Bertz CT molecular complexity index is 416. The molecule has 2 atom stereocenters. The van der Waals surface area contributed by atoms with Gasteiger partial charge in [-0.25, -0.2) is 0 Å². The van der Waals surface area contributed by atoms with E-state index in [2.05, 4.69) is 47.5 Å². The normalized spacial score (nSPS) is 21.1. The van der Waals surface area contributed by atoms with E-state index in [-0.39, 0.29) is 12.0 Å². The first-order valence-corrected chi connectivity index (χ1v) is 8.23. The molecule has 1 aromatic carbocycles. The molecule has 2 rings (SSSR count). The number of carbonyl (C=O) groups is 1. The van der Waals surface area contributed by atoms with Crippen LogP contribution in [0.4, 0.5) is 0 Å². The lowest BCUT2D eigenvalue weighted by atomic mass is 10.1. The Morgan fingerprint density at radius 3 is 2.50 bits per heavy atom. The highest BCUT2D eigenvalue weighted by Crippen LogP contribution is 2.17. The fourth-order valence-corrected chi connectivity index (χ4v) is 2.69. The second-order valence-corrected chi connectivity index (χ2v) is 5.85. The molecule has 0 bridgehead atoms. The van der Waals surface area contributed by atoms with Crippen LogP contribution in [0.25, 0.3) is 0 Å². The third-order valence-corrected chi connectivity index (χ3v) is 4.04. The van der Waals surface area contributed by atoms with Crippen LogP contribution in [0.3, 0.4) is 0 Å². The molecule has 0 aliphatic carbocycles. The number of aryl methyl sites for hydroxylation is 1. The van der Waals surface area contributed by atoms with Crippen molar-refractivity contribution in [2.45, 2.75) is 51.7 Å². The number of aliphatic hydroxyl groups is 1. The SMILES string of the molecule is CC1CC(O)CN1CCCc1ccccc1.CCC(=O)NC. The largest absolute Gasteiger partial charge is 0.392 e. The molecular weight excluding hydrogens is 276 g/mol. The van der Waals surface area contributed by atoms with E-state index in [0.717, 1.165) is 25.9 Å². The molecular formula is C18H30N2O2. The first-order valence-electron chi connectivity index (χ1n) is 8.23. The standard InChI is InChI=1S/C14H21NO.C4H9NO/c1-12-10-14(16)11-15(12)9-5-8-13-6-3-2-4-7-13;1-3-4(6)5-2/h2-4,6-7,12,14,16H,5,8-11H2,1H3;3H2,1-2H3,(H,5,6). The Morgan fingerprint density at radius 2 is 2.05 bits per heavy atom. The summed E-state index contributed by atoms with van der Waals surface area (Å²) in [6, 6.07) is 11.2. The van der Waals surface area contributed by atoms with Gasteiger partial charge in [-0.15, -0.1) is 0 Å². The van der Waals surface area contributed by atoms with E-state index < -0.39 is 0 Å². The maximum atomic E-state index is 10.1. The average Bonchev–Trinajstić information content (AvgIpc) is 2.86. The highest BCUT2D eigenvalue weighted by atomic mass is 16.3. The summed E-state index contributed by atoms with van der Waals surface area (Å²) in [5.74, 6) is 0.0926. The fourth-order valence-electron chi connectivity index (χ4n) is 2.69. The number of nitrogens with one attached hydrogen (secondary N) is 1. The molecule has 1 aliphatic rings. The lowest BCUT2D eigenvalue weighted by Gasteiger charge is -2.20. The van der Waals surface area contributed by atoms with Crippen LogP contribution in [0.1, 0.15) is 38.7 Å². The van der Waals surface area contributed by atoms with E-state index in [4.69, 9.17) is 0 Å². The predicted molar refractivity (Wildman–Crippen MR) is 90.8 cm³/mol. The second-order valence-electron chi connectivity index (χ2n) is 5.85. The van der Waals surface area contributed by atoms with Crippen LogP contribution in [0, 0.1) is 0 Å². The molecule has 1 saturated heterocycles. The van der Waals surface area contributed by atoms with Crippen LogP contribution in [0.5, 0.6) is 0 Å². The summed E-state index contributed by atoms with van der Waals surface area (Å²) >= 11 is 0. The van der Waals surface area contributed by atoms with Gasteiger partial charge in [0.05, 0.1) is 6.10 Å². The van der Waals surface area contributed by atoms with Crippen LogP contribution in [0.15, 0.2) is 30.3 Å². The van der Waals surface area contributed by atoms with Gasteiger partial charge in [0.25, 0.3) is 0 Å². The van der Waals surface area contributed by atoms with Gasteiger partial charge in [-0.3, -0.25) is 9.69 Å². The summed E-state index contributed by atoms with van der Waals surface area (Å²) in [4.78, 5) is 12.5. The molecule has 1 heterocycles. The van der Waals surface area contributed by atoms with Crippen LogP contribution < -0.4 is 5.32 Å². The Balaban J connectivity index is 0.000000346. The molecule has 1 amide bonds. The zero-order valence-electron chi connectivity index (χ0n) is 14.1. The van der Waals surface area contributed by atoms with Crippen molar-refractivity contribution in [3.8, 4) is 0 Å². The van der Waals surface area contributed by atoms with Crippen molar-refractivity contribution in [2.75, 3.05) is 20.1 Å². The molecule has 22 heavy (non-hydrogen) atoms. The molecule has 2 unspecified atom stereocenters. The van der Waals surface area contributed by atoms with Gasteiger partial charge in [0.15, 0.2) is 0 Å². The average molecular weight is 306 g/mol. The Labute approximate surface area is 134 Å². The van der Waals surface area contributed by atoms with Crippen LogP contribution in [-0.2, 0) is 11.2 Å². The maximum absolute atomic E-state index is 10.1. The first kappa shape index (κ1) is 18.7. The third-order valence-electron chi connectivity index (χ3n) is 4.04. The molecule has 2 N–H and O–H groups in total. The van der Waals surface area contributed by atoms with Crippen molar-refractivity contribution in [3.05, 3.63) is 35.9 Å². The van der Waals surface area contributed by atoms with Crippen LogP contribution in [0.2, 0.25) is 0 Å². The van der Waals surface area contributed by atoms with Gasteiger partial charge in [0, 0.05) is 26.1 Å². The molecule has 0 spiro atoms. The molecule has 0 aromatic heterocycles. The van der Waals surface area contributed by atoms with Gasteiger partial charge in [-0.1, -0.05) is 37.3 Å². The van der Waals surface area contributed by atoms with E-state index in [1.165, 1.54) is 12.0 Å². The molecule has 4 nitrogen and oxygen atoms in total. The smallest absolute Gasteiger partial charge is 0.219 e. The number of hydrogen-bond acceptors (Lipinski definition) is 3. The van der Waals surface area contributed by atoms with Gasteiger partial charge in [0.2, 0.25) is 5.91 Å². The van der Waals surface area contributed by atoms with Gasteiger partial charge >= 0.3 is 0 Å². The molecule has 1 fully saturated rings. The minimum absolute atomic E-state index is 0.0926. The topological polar surface area (TPSA) is 52.6 Å². The summed E-state index contributed by atoms with van der Waals surface area (Å²) < 4.78 is 0. The number of carbonyl (C=O) groups excluding carboxylic acids is 1. The monoisotopic (exact) mass is 306 g/mol. The number of benzene rings is 1. The highest BCUT2D eigenvalue weighted by Gasteiger charge is 2.26. The van der Waals surface area contributed by atoms with E-state index in [0.29, 0.717) is 12.5 Å². The third kappa shape index (κ3) is 7.05. The maximum Gasteiger partial charge on any atom is 0.219 e. The zero-order chi connectivity index (χ0) is 16.4. The number of likely N-dealkylation sites (tertiary alicyclic amines) is 1. The highest BCUT2D eigenvalue weighted by molar-refractivity contribution is 5.74. The van der Waals surface area contributed by atoms with Crippen molar-refractivity contribution in [1.82, 2.24) is 10.2 Å². The summed E-state index contributed by atoms with van der Waals surface area (Å²) in [7, 11) is 1.63. The van der Waals surface area contributed by atoms with Gasteiger partial charge in [-0.05, 0) is 38.3 Å². The molecule has 1 aromatic rings. The lowest BCUT2D eigenvalue weighted by molar-refractivity contribution is -0.120. The molecule has 0 radical (unpaired) electrons. The number of amides is 1. The molecule has 124 valence electrons. The van der Waals surface area contributed by atoms with Crippen LogP contribution >= 0.6 is 0 Å². The quantitative estimate of drug-likeness (QED) is 0.877. The number of hydrogen-bond donors (Lipinski definition) is 2. The number of β-amino-alcohol motifs (C(OH)–C–C–N with tert-alkyl or cyclic N) is 1. The minimum Gasteiger partial charge on any atom is -0.392 e. The van der Waals surface area contributed by atoms with Gasteiger partial charge in [0.1, 0.15) is 0 Å². The Morgan fingerprint density at radius 1 is 1.36 bits per heavy atom. The van der Waals surface area contributed by atoms with Crippen molar-refractivity contribution >= 4 is 5.91 Å². The summed E-state index contributed by atoms with van der Waals surface area (Å²) in [6.07, 6.45) is 3.73. The Hall–Kier alpha value is -1.39. The summed E-state index contributed by atoms with van der Waals surface area (Å²) in [5.41, 5.74) is 1.41. The number of rotatable bonds is 5. The van der Waals surface area contributed by atoms with E-state index >= 15 is 0 Å². The van der Waals surface area contributed by atoms with Crippen molar-refractivity contribution in [3.63, 3.8) is 0 Å². The van der Waals surface area contributed by atoms with E-state index in [1.54, 1.807) is 7.05 Å². The van der Waals surface area contributed by atoms with Gasteiger partial charge in [-0.2, -0.15) is 0 Å². The number of nitrogens with zero attached hydrogens (tertiary/aromatic N) is 1. The van der Waals surface area contributed by atoms with E-state index in [1.807, 2.05) is 6.92 Å². The summed E-state index contributed by atoms with van der Waals surface area (Å²) in [6.45, 7) is 5.99. The van der Waals surface area contributed by atoms with Crippen LogP contribution in [-0.4, -0.2) is 48.2 Å². The predicted octanol–water partition coefficient (Wildman–Crippen LogP) is 2.22. The molecule has 4 heteroatoms. The Kier molecular flexibility index (Phi) is 8.78. The minimum atomic E-state index is -0.105. The van der Waals surface area contributed by atoms with Crippen molar-refractivity contribution in [1.29, 1.82) is 0 Å². The summed E-state index contributed by atoms with van der Waals surface area (Å²) in [5, 5.41) is 12.0. The first-order chi connectivity index (χ1) is 10.6. The van der Waals surface area contributed by atoms with Gasteiger partial charge < -0.3 is 10.4 Å². The van der Waals surface area contributed by atoms with Crippen molar-refractivity contribution in [2.24, 2.45) is 0 Å². The molecule has 0 saturated carbocycles. The van der Waals surface area contributed by atoms with E-state index in [9.17, 15) is 9.90 Å². The second kappa shape index (κ2) is 10.4. The lowest BCUT2D eigenvalue weighted by Crippen LogP contribution is -2.29. The van der Waals surface area contributed by atoms with Crippen molar-refractivity contribution < 1.29 is 9.90 Å². The zero-order valence-corrected chi connectivity index (χ0v) is 14.1. The molecule has 1 aliphatic heterocycles.